The minimum atomic E-state index is -0.553. The van der Waals surface area contributed by atoms with Gasteiger partial charge in [0.2, 0.25) is 0 Å². The third kappa shape index (κ3) is 9.03. The van der Waals surface area contributed by atoms with Crippen molar-refractivity contribution < 1.29 is 28.9 Å². The van der Waals surface area contributed by atoms with E-state index in [-0.39, 0.29) is 17.2 Å². The van der Waals surface area contributed by atoms with E-state index in [1.807, 2.05) is 0 Å². The quantitative estimate of drug-likeness (QED) is 0.100. The molecule has 0 saturated heterocycles. The van der Waals surface area contributed by atoms with Gasteiger partial charge in [0.1, 0.15) is 22.9 Å². The van der Waals surface area contributed by atoms with Crippen molar-refractivity contribution in [2.24, 2.45) is 10.2 Å². The molecule has 0 saturated carbocycles. The zero-order valence-electron chi connectivity index (χ0n) is 21.9. The molecule has 8 nitrogen and oxygen atoms in total. The molecule has 0 aliphatic rings. The minimum absolute atomic E-state index is 0.175. The lowest BCUT2D eigenvalue weighted by molar-refractivity contribution is 0.0526. The van der Waals surface area contributed by atoms with Gasteiger partial charge in [-0.1, -0.05) is 39.0 Å². The number of hydrogen-bond donors (Lipinski definition) is 1. The molecule has 0 aliphatic carbocycles. The lowest BCUT2D eigenvalue weighted by Crippen LogP contribution is -2.08. The molecule has 0 spiro atoms. The molecule has 200 valence electrons. The lowest BCUT2D eigenvalue weighted by atomic mass is 10.1. The molecule has 0 aliphatic heterocycles. The Balaban J connectivity index is 1.50. The van der Waals surface area contributed by atoms with Gasteiger partial charge in [-0.2, -0.15) is 5.11 Å². The summed E-state index contributed by atoms with van der Waals surface area (Å²) in [6.45, 7) is 4.89. The molecule has 3 aromatic rings. The highest BCUT2D eigenvalue weighted by molar-refractivity contribution is 5.91. The number of phenolic OH excluding ortho intramolecular Hbond substituents is 1. The first-order chi connectivity index (χ1) is 18.5. The molecule has 0 unspecified atom stereocenters. The number of aromatic hydroxyl groups is 1. The van der Waals surface area contributed by atoms with E-state index < -0.39 is 11.9 Å². The largest absolute Gasteiger partial charge is 0.505 e. The van der Waals surface area contributed by atoms with Crippen molar-refractivity contribution in [3.05, 3.63) is 77.9 Å². The first-order valence-corrected chi connectivity index (χ1v) is 13.0. The van der Waals surface area contributed by atoms with Gasteiger partial charge < -0.3 is 19.3 Å². The second kappa shape index (κ2) is 15.1. The number of esters is 2. The summed E-state index contributed by atoms with van der Waals surface area (Å²) in [7, 11) is 0. The van der Waals surface area contributed by atoms with E-state index in [2.05, 4.69) is 17.2 Å². The predicted octanol–water partition coefficient (Wildman–Crippen LogP) is 7.94. The molecular weight excluding hydrogens is 484 g/mol. The van der Waals surface area contributed by atoms with E-state index in [0.29, 0.717) is 35.8 Å². The number of nitrogens with zero attached hydrogens (tertiary/aromatic N) is 2. The summed E-state index contributed by atoms with van der Waals surface area (Å²) in [5, 5.41) is 18.4. The standard InChI is InChI=1S/C30H34N2O6/c1-3-5-6-7-8-9-20-37-25-16-12-23(13-17-25)30(35)38-26-18-19-27(28(33)21-26)32-31-24-14-10-22(11-15-24)29(34)36-4-2/h10-19,21,33H,3-9,20H2,1-2H3. The van der Waals surface area contributed by atoms with Gasteiger partial charge in [0.15, 0.2) is 0 Å². The molecule has 0 radical (unpaired) electrons. The fourth-order valence-corrected chi connectivity index (χ4v) is 3.57. The number of azo groups is 1. The van der Waals surface area contributed by atoms with Crippen molar-refractivity contribution in [3.8, 4) is 17.2 Å². The van der Waals surface area contributed by atoms with Crippen LogP contribution >= 0.6 is 0 Å². The first-order valence-electron chi connectivity index (χ1n) is 13.0. The maximum atomic E-state index is 12.5. The number of phenols is 1. The molecule has 8 heteroatoms. The van der Waals surface area contributed by atoms with Crippen LogP contribution in [0.1, 0.15) is 73.1 Å². The molecular formula is C30H34N2O6. The van der Waals surface area contributed by atoms with Crippen LogP contribution in [-0.2, 0) is 4.74 Å². The van der Waals surface area contributed by atoms with Gasteiger partial charge in [-0.05, 0) is 74.0 Å². The molecule has 1 N–H and O–H groups in total. The molecule has 3 rings (SSSR count). The summed E-state index contributed by atoms with van der Waals surface area (Å²) in [4.78, 5) is 24.2. The van der Waals surface area contributed by atoms with E-state index in [1.165, 1.54) is 43.9 Å². The summed E-state index contributed by atoms with van der Waals surface area (Å²) < 4.78 is 16.1. The Morgan fingerprint density at radius 2 is 1.37 bits per heavy atom. The van der Waals surface area contributed by atoms with Gasteiger partial charge >= 0.3 is 11.9 Å². The number of carbonyl (C=O) groups excluding carboxylic acids is 2. The zero-order chi connectivity index (χ0) is 27.2. The van der Waals surface area contributed by atoms with E-state index in [0.717, 1.165) is 12.8 Å². The van der Waals surface area contributed by atoms with Crippen LogP contribution in [0.4, 0.5) is 11.4 Å². The molecule has 38 heavy (non-hydrogen) atoms. The number of benzene rings is 3. The van der Waals surface area contributed by atoms with E-state index in [9.17, 15) is 14.7 Å². The van der Waals surface area contributed by atoms with Gasteiger partial charge in [-0.25, -0.2) is 9.59 Å². The Bertz CT molecular complexity index is 1210. The maximum absolute atomic E-state index is 12.5. The van der Waals surface area contributed by atoms with Crippen LogP contribution in [0, 0.1) is 0 Å². The molecule has 0 aromatic heterocycles. The molecule has 0 bridgehead atoms. The summed E-state index contributed by atoms with van der Waals surface area (Å²) >= 11 is 0. The fraction of sp³-hybridized carbons (Fsp3) is 0.333. The van der Waals surface area contributed by atoms with E-state index in [1.54, 1.807) is 55.5 Å². The van der Waals surface area contributed by atoms with Crippen molar-refractivity contribution in [3.63, 3.8) is 0 Å². The number of hydrogen-bond acceptors (Lipinski definition) is 8. The van der Waals surface area contributed by atoms with E-state index >= 15 is 0 Å². The fourth-order valence-electron chi connectivity index (χ4n) is 3.57. The third-order valence-electron chi connectivity index (χ3n) is 5.67. The van der Waals surface area contributed by atoms with Crippen LogP contribution in [0.25, 0.3) is 0 Å². The Labute approximate surface area is 223 Å². The number of unbranched alkanes of at least 4 members (excludes halogenated alkanes) is 5. The Morgan fingerprint density at radius 3 is 2.05 bits per heavy atom. The first kappa shape index (κ1) is 28.4. The highest BCUT2D eigenvalue weighted by atomic mass is 16.5. The average molecular weight is 519 g/mol. The molecule has 0 amide bonds. The summed E-state index contributed by atoms with van der Waals surface area (Å²) in [5.74, 6) is -0.276. The van der Waals surface area contributed by atoms with Gasteiger partial charge in [0.05, 0.1) is 30.0 Å². The van der Waals surface area contributed by atoms with Crippen LogP contribution in [0.5, 0.6) is 17.2 Å². The lowest BCUT2D eigenvalue weighted by Gasteiger charge is -2.08. The monoisotopic (exact) mass is 518 g/mol. The summed E-state index contributed by atoms with van der Waals surface area (Å²) in [6, 6.07) is 17.5. The minimum Gasteiger partial charge on any atom is -0.505 e. The van der Waals surface area contributed by atoms with E-state index in [4.69, 9.17) is 14.2 Å². The van der Waals surface area contributed by atoms with Crippen LogP contribution in [0.3, 0.4) is 0 Å². The van der Waals surface area contributed by atoms with Crippen molar-refractivity contribution in [1.29, 1.82) is 0 Å². The maximum Gasteiger partial charge on any atom is 0.343 e. The second-order valence-electron chi connectivity index (χ2n) is 8.65. The highest BCUT2D eigenvalue weighted by Crippen LogP contribution is 2.32. The van der Waals surface area contributed by atoms with Gasteiger partial charge in [0.25, 0.3) is 0 Å². The van der Waals surface area contributed by atoms with Crippen molar-refractivity contribution in [2.75, 3.05) is 13.2 Å². The molecule has 3 aromatic carbocycles. The predicted molar refractivity (Wildman–Crippen MR) is 145 cm³/mol. The Morgan fingerprint density at radius 1 is 0.737 bits per heavy atom. The Kier molecular flexibility index (Phi) is 11.3. The van der Waals surface area contributed by atoms with Gasteiger partial charge in [-0.15, -0.1) is 5.11 Å². The van der Waals surface area contributed by atoms with Gasteiger partial charge in [-0.3, -0.25) is 0 Å². The number of ether oxygens (including phenoxy) is 3. The normalized spacial score (nSPS) is 10.9. The molecule has 0 atom stereocenters. The van der Waals surface area contributed by atoms with Crippen molar-refractivity contribution in [2.45, 2.75) is 52.4 Å². The topological polar surface area (TPSA) is 107 Å². The number of carbonyl (C=O) groups is 2. The van der Waals surface area contributed by atoms with Crippen molar-refractivity contribution >= 4 is 23.3 Å². The van der Waals surface area contributed by atoms with Crippen LogP contribution < -0.4 is 9.47 Å². The van der Waals surface area contributed by atoms with Gasteiger partial charge in [0, 0.05) is 6.07 Å². The summed E-state index contributed by atoms with van der Waals surface area (Å²) in [5.41, 5.74) is 1.47. The van der Waals surface area contributed by atoms with Crippen LogP contribution in [0.15, 0.2) is 77.0 Å². The Hall–Kier alpha value is -4.20. The summed E-state index contributed by atoms with van der Waals surface area (Å²) in [6.07, 6.45) is 7.18. The third-order valence-corrected chi connectivity index (χ3v) is 5.67. The van der Waals surface area contributed by atoms with Crippen molar-refractivity contribution in [1.82, 2.24) is 0 Å². The highest BCUT2D eigenvalue weighted by Gasteiger charge is 2.11. The average Bonchev–Trinajstić information content (AvgIpc) is 2.93. The molecule has 0 fully saturated rings. The SMILES string of the molecule is CCCCCCCCOc1ccc(C(=O)Oc2ccc(N=Nc3ccc(C(=O)OCC)cc3)c(O)c2)cc1. The smallest absolute Gasteiger partial charge is 0.343 e. The van der Waals surface area contributed by atoms with Crippen LogP contribution in [0.2, 0.25) is 0 Å². The van der Waals surface area contributed by atoms with Crippen LogP contribution in [-0.4, -0.2) is 30.3 Å². The zero-order valence-corrected chi connectivity index (χ0v) is 21.9. The number of rotatable bonds is 14. The molecule has 0 heterocycles. The second-order valence-corrected chi connectivity index (χ2v) is 8.65.